The lowest BCUT2D eigenvalue weighted by Crippen LogP contribution is -2.21. The molecule has 0 aliphatic carbocycles. The lowest BCUT2D eigenvalue weighted by molar-refractivity contribution is -0.142. The summed E-state index contributed by atoms with van der Waals surface area (Å²) in [6.07, 6.45) is 3.98. The molecule has 0 saturated heterocycles. The number of rotatable bonds is 8. The highest BCUT2D eigenvalue weighted by atomic mass is 32.1. The third kappa shape index (κ3) is 5.40. The number of hydrogen-bond donors (Lipinski definition) is 1. The number of carbonyl (C=O) groups excluding carboxylic acids is 4. The van der Waals surface area contributed by atoms with Gasteiger partial charge in [-0.3, -0.25) is 9.59 Å². The monoisotopic (exact) mass is 405 g/mol. The molecule has 0 radical (unpaired) electrons. The third-order valence-electron chi connectivity index (χ3n) is 3.47. The van der Waals surface area contributed by atoms with Gasteiger partial charge in [0, 0.05) is 6.08 Å². The molecule has 0 atom stereocenters. The van der Waals surface area contributed by atoms with Gasteiger partial charge in [-0.15, -0.1) is 11.3 Å². The summed E-state index contributed by atoms with van der Waals surface area (Å²) in [6, 6.07) is 3.32. The summed E-state index contributed by atoms with van der Waals surface area (Å²) in [5, 5.41) is 2.67. The number of nitrogens with one attached hydrogen (secondary N) is 1. The molecule has 148 valence electrons. The van der Waals surface area contributed by atoms with Crippen LogP contribution in [-0.4, -0.2) is 36.8 Å². The molecule has 8 nitrogen and oxygen atoms in total. The Morgan fingerprint density at radius 2 is 2.00 bits per heavy atom. The number of hydrogen-bond acceptors (Lipinski definition) is 8. The van der Waals surface area contributed by atoms with Gasteiger partial charge in [-0.05, 0) is 44.5 Å². The molecule has 0 aliphatic heterocycles. The van der Waals surface area contributed by atoms with Crippen molar-refractivity contribution in [3.63, 3.8) is 0 Å². The van der Waals surface area contributed by atoms with Gasteiger partial charge in [-0.2, -0.15) is 0 Å². The van der Waals surface area contributed by atoms with E-state index in [0.29, 0.717) is 16.2 Å². The average Bonchev–Trinajstić information content (AvgIpc) is 3.26. The van der Waals surface area contributed by atoms with Crippen LogP contribution in [0.2, 0.25) is 0 Å². The van der Waals surface area contributed by atoms with Crippen LogP contribution in [0, 0.1) is 6.92 Å². The maximum Gasteiger partial charge on any atom is 0.341 e. The van der Waals surface area contributed by atoms with E-state index in [1.54, 1.807) is 26.0 Å². The largest absolute Gasteiger partial charge is 0.465 e. The van der Waals surface area contributed by atoms with Crippen molar-refractivity contribution in [2.45, 2.75) is 20.8 Å². The highest BCUT2D eigenvalue weighted by Crippen LogP contribution is 2.34. The fraction of sp³-hybridized carbons (Fsp3) is 0.263. The number of thiophene rings is 1. The van der Waals surface area contributed by atoms with Crippen LogP contribution in [0.1, 0.15) is 45.2 Å². The second-order valence-electron chi connectivity index (χ2n) is 5.54. The molecule has 0 fully saturated rings. The highest BCUT2D eigenvalue weighted by molar-refractivity contribution is 7.18. The maximum atomic E-state index is 12.2. The van der Waals surface area contributed by atoms with Crippen molar-refractivity contribution in [3.05, 3.63) is 46.2 Å². The zero-order valence-electron chi connectivity index (χ0n) is 15.6. The van der Waals surface area contributed by atoms with E-state index in [4.69, 9.17) is 13.9 Å². The zero-order chi connectivity index (χ0) is 20.7. The third-order valence-corrected chi connectivity index (χ3v) is 4.78. The minimum Gasteiger partial charge on any atom is -0.465 e. The summed E-state index contributed by atoms with van der Waals surface area (Å²) in [5.74, 6) is -1.79. The van der Waals surface area contributed by atoms with E-state index >= 15 is 0 Å². The number of amides is 1. The van der Waals surface area contributed by atoms with Crippen LogP contribution in [-0.2, 0) is 19.1 Å². The van der Waals surface area contributed by atoms with Crippen LogP contribution >= 0.6 is 11.3 Å². The van der Waals surface area contributed by atoms with Gasteiger partial charge in [0.2, 0.25) is 0 Å². The molecule has 28 heavy (non-hydrogen) atoms. The van der Waals surface area contributed by atoms with Crippen molar-refractivity contribution in [2.24, 2.45) is 0 Å². The van der Waals surface area contributed by atoms with E-state index in [0.717, 1.165) is 17.4 Å². The summed E-state index contributed by atoms with van der Waals surface area (Å²) < 4.78 is 14.9. The van der Waals surface area contributed by atoms with Gasteiger partial charge in [0.05, 0.1) is 23.3 Å². The smallest absolute Gasteiger partial charge is 0.341 e. The molecule has 0 saturated carbocycles. The number of ketones is 1. The van der Waals surface area contributed by atoms with Gasteiger partial charge in [0.1, 0.15) is 10.8 Å². The quantitative estimate of drug-likeness (QED) is 0.408. The molecular formula is C19H19NO7S. The maximum absolute atomic E-state index is 12.2. The SMILES string of the molecule is CCOC(=O)c1c(NC(=O)COC(=O)/C=C/c2ccco2)sc(C(C)=O)c1C. The van der Waals surface area contributed by atoms with E-state index in [-0.39, 0.29) is 23.0 Å². The first kappa shape index (κ1) is 21.1. The molecule has 2 aromatic rings. The van der Waals surface area contributed by atoms with Crippen LogP contribution in [0.25, 0.3) is 6.08 Å². The predicted octanol–water partition coefficient (Wildman–Crippen LogP) is 3.22. The van der Waals surface area contributed by atoms with Gasteiger partial charge in [0.25, 0.3) is 5.91 Å². The zero-order valence-corrected chi connectivity index (χ0v) is 16.4. The lowest BCUT2D eigenvalue weighted by atomic mass is 10.1. The molecule has 9 heteroatoms. The molecule has 1 amide bonds. The van der Waals surface area contributed by atoms with Crippen molar-refractivity contribution in [3.8, 4) is 0 Å². The Kier molecular flexibility index (Phi) is 7.28. The lowest BCUT2D eigenvalue weighted by Gasteiger charge is -2.07. The Morgan fingerprint density at radius 1 is 1.25 bits per heavy atom. The fourth-order valence-electron chi connectivity index (χ4n) is 2.27. The number of carbonyl (C=O) groups is 4. The topological polar surface area (TPSA) is 112 Å². The Balaban J connectivity index is 2.04. The highest BCUT2D eigenvalue weighted by Gasteiger charge is 2.25. The number of anilines is 1. The first-order valence-electron chi connectivity index (χ1n) is 8.33. The van der Waals surface area contributed by atoms with E-state index in [1.165, 1.54) is 19.3 Å². The summed E-state index contributed by atoms with van der Waals surface area (Å²) in [6.45, 7) is 4.22. The molecule has 2 aromatic heterocycles. The number of esters is 2. The van der Waals surface area contributed by atoms with Crippen LogP contribution in [0.3, 0.4) is 0 Å². The summed E-state index contributed by atoms with van der Waals surface area (Å²) in [7, 11) is 0. The Hall–Kier alpha value is -3.20. The Bertz CT molecular complexity index is 909. The van der Waals surface area contributed by atoms with Crippen LogP contribution < -0.4 is 5.32 Å². The summed E-state index contributed by atoms with van der Waals surface area (Å²) in [4.78, 5) is 48.0. The van der Waals surface area contributed by atoms with Gasteiger partial charge in [-0.25, -0.2) is 9.59 Å². The van der Waals surface area contributed by atoms with Crippen LogP contribution in [0.4, 0.5) is 5.00 Å². The van der Waals surface area contributed by atoms with Gasteiger partial charge < -0.3 is 19.2 Å². The Labute approximate surface area is 165 Å². The van der Waals surface area contributed by atoms with Crippen molar-refractivity contribution in [2.75, 3.05) is 18.5 Å². The standard InChI is InChI=1S/C19H19NO7S/c1-4-25-19(24)16-11(2)17(12(3)21)28-18(16)20-14(22)10-27-15(23)8-7-13-6-5-9-26-13/h5-9H,4,10H2,1-3H3,(H,20,22)/b8-7+. The Morgan fingerprint density at radius 3 is 2.61 bits per heavy atom. The fourth-order valence-corrected chi connectivity index (χ4v) is 3.38. The number of ether oxygens (including phenoxy) is 2. The van der Waals surface area contributed by atoms with Crippen molar-refractivity contribution in [1.82, 2.24) is 0 Å². The molecule has 1 N–H and O–H groups in total. The van der Waals surface area contributed by atoms with E-state index in [2.05, 4.69) is 5.32 Å². The molecule has 0 unspecified atom stereocenters. The first-order chi connectivity index (χ1) is 13.3. The first-order valence-corrected chi connectivity index (χ1v) is 9.14. The molecule has 0 bridgehead atoms. The van der Waals surface area contributed by atoms with Crippen molar-refractivity contribution >= 4 is 46.0 Å². The molecular weight excluding hydrogens is 386 g/mol. The molecule has 2 heterocycles. The molecule has 0 aromatic carbocycles. The van der Waals surface area contributed by atoms with Gasteiger partial charge in [0.15, 0.2) is 12.4 Å². The molecule has 0 aliphatic rings. The van der Waals surface area contributed by atoms with Crippen LogP contribution in [0.5, 0.6) is 0 Å². The summed E-state index contributed by atoms with van der Waals surface area (Å²) >= 11 is 0.970. The van der Waals surface area contributed by atoms with E-state index in [1.807, 2.05) is 0 Å². The second-order valence-corrected chi connectivity index (χ2v) is 6.56. The van der Waals surface area contributed by atoms with Gasteiger partial charge in [-0.1, -0.05) is 0 Å². The van der Waals surface area contributed by atoms with E-state index in [9.17, 15) is 19.2 Å². The van der Waals surface area contributed by atoms with E-state index < -0.39 is 24.5 Å². The normalized spacial score (nSPS) is 10.7. The summed E-state index contributed by atoms with van der Waals surface area (Å²) in [5.41, 5.74) is 0.555. The van der Waals surface area contributed by atoms with Crippen molar-refractivity contribution < 1.29 is 33.1 Å². The molecule has 0 spiro atoms. The van der Waals surface area contributed by atoms with Crippen molar-refractivity contribution in [1.29, 1.82) is 0 Å². The van der Waals surface area contributed by atoms with Crippen LogP contribution in [0.15, 0.2) is 28.9 Å². The minimum atomic E-state index is -0.732. The number of furan rings is 1. The predicted molar refractivity (Wildman–Crippen MR) is 102 cm³/mol. The number of Topliss-reactive ketones (excluding diaryl/α,β-unsaturated/α-hetero) is 1. The second kappa shape index (κ2) is 9.65. The minimum absolute atomic E-state index is 0.120. The average molecular weight is 405 g/mol. The molecule has 2 rings (SSSR count). The van der Waals surface area contributed by atoms with Gasteiger partial charge >= 0.3 is 11.9 Å².